The minimum atomic E-state index is -0.665. The number of hydrogen-bond acceptors (Lipinski definition) is 6. The third-order valence-electron chi connectivity index (χ3n) is 2.36. The lowest BCUT2D eigenvalue weighted by molar-refractivity contribution is 0.0594. The zero-order chi connectivity index (χ0) is 14.0. The van der Waals surface area contributed by atoms with Crippen LogP contribution in [0.5, 0.6) is 0 Å². The Morgan fingerprint density at radius 1 is 1.26 bits per heavy atom. The van der Waals surface area contributed by atoms with Crippen LogP contribution < -0.4 is 11.5 Å². The SMILES string of the molecule is COC(=O)c1ccc(N)c(-n2ccc(C(N)=O)n2)n1. The summed E-state index contributed by atoms with van der Waals surface area (Å²) in [5.41, 5.74) is 11.3. The predicted octanol–water partition coefficient (Wildman–Crippen LogP) is -0.265. The molecule has 2 heterocycles. The third kappa shape index (κ3) is 2.37. The largest absolute Gasteiger partial charge is 0.464 e. The lowest BCUT2D eigenvalue weighted by Crippen LogP contribution is -2.14. The summed E-state index contributed by atoms with van der Waals surface area (Å²) in [6.07, 6.45) is 1.47. The molecule has 0 unspecified atom stereocenters. The molecule has 0 bridgehead atoms. The highest BCUT2D eigenvalue weighted by atomic mass is 16.5. The van der Waals surface area contributed by atoms with Crippen molar-refractivity contribution < 1.29 is 14.3 Å². The Morgan fingerprint density at radius 3 is 2.58 bits per heavy atom. The van der Waals surface area contributed by atoms with Gasteiger partial charge in [-0.3, -0.25) is 4.79 Å². The molecule has 0 aliphatic heterocycles. The number of rotatable bonds is 3. The van der Waals surface area contributed by atoms with Gasteiger partial charge < -0.3 is 16.2 Å². The van der Waals surface area contributed by atoms with E-state index in [1.807, 2.05) is 0 Å². The maximum absolute atomic E-state index is 11.4. The smallest absolute Gasteiger partial charge is 0.356 e. The Hall–Kier alpha value is -2.90. The lowest BCUT2D eigenvalue weighted by Gasteiger charge is -2.06. The molecule has 1 amide bonds. The van der Waals surface area contributed by atoms with E-state index < -0.39 is 11.9 Å². The number of pyridine rings is 1. The topological polar surface area (TPSA) is 126 Å². The summed E-state index contributed by atoms with van der Waals surface area (Å²) < 4.78 is 5.83. The van der Waals surface area contributed by atoms with E-state index in [0.717, 1.165) is 0 Å². The molecule has 0 aromatic carbocycles. The van der Waals surface area contributed by atoms with Crippen LogP contribution in [0.3, 0.4) is 0 Å². The number of carbonyl (C=O) groups excluding carboxylic acids is 2. The van der Waals surface area contributed by atoms with Crippen LogP contribution in [0, 0.1) is 0 Å². The van der Waals surface area contributed by atoms with E-state index in [4.69, 9.17) is 11.5 Å². The van der Waals surface area contributed by atoms with Crippen molar-refractivity contribution in [2.24, 2.45) is 5.73 Å². The molecule has 4 N–H and O–H groups in total. The number of ether oxygens (including phenoxy) is 1. The van der Waals surface area contributed by atoms with Crippen molar-refractivity contribution in [2.75, 3.05) is 12.8 Å². The van der Waals surface area contributed by atoms with Crippen molar-refractivity contribution in [1.29, 1.82) is 0 Å². The number of nitrogen functional groups attached to an aromatic ring is 1. The van der Waals surface area contributed by atoms with E-state index in [1.165, 1.54) is 36.2 Å². The molecule has 0 aliphatic carbocycles. The van der Waals surface area contributed by atoms with Gasteiger partial charge in [0.1, 0.15) is 5.69 Å². The number of carbonyl (C=O) groups is 2. The van der Waals surface area contributed by atoms with Crippen LogP contribution in [0.2, 0.25) is 0 Å². The third-order valence-corrected chi connectivity index (χ3v) is 2.36. The zero-order valence-corrected chi connectivity index (χ0v) is 10.0. The number of hydrogen-bond donors (Lipinski definition) is 2. The fourth-order valence-corrected chi connectivity index (χ4v) is 1.43. The Bertz CT molecular complexity index is 650. The molecule has 0 saturated carbocycles. The molecule has 0 radical (unpaired) electrons. The van der Waals surface area contributed by atoms with Gasteiger partial charge in [-0.05, 0) is 18.2 Å². The highest BCUT2D eigenvalue weighted by Gasteiger charge is 2.13. The summed E-state index contributed by atoms with van der Waals surface area (Å²) in [6, 6.07) is 4.36. The Labute approximate surface area is 108 Å². The van der Waals surface area contributed by atoms with Crippen molar-refractivity contribution in [3.63, 3.8) is 0 Å². The summed E-state index contributed by atoms with van der Waals surface area (Å²) in [6.45, 7) is 0. The van der Waals surface area contributed by atoms with Gasteiger partial charge in [0, 0.05) is 6.20 Å². The molecule has 8 nitrogen and oxygen atoms in total. The van der Waals surface area contributed by atoms with Crippen molar-refractivity contribution in [2.45, 2.75) is 0 Å². The van der Waals surface area contributed by atoms with E-state index in [-0.39, 0.29) is 17.2 Å². The summed E-state index contributed by atoms with van der Waals surface area (Å²) >= 11 is 0. The normalized spacial score (nSPS) is 10.2. The van der Waals surface area contributed by atoms with E-state index in [1.54, 1.807) is 0 Å². The average molecular weight is 261 g/mol. The summed E-state index contributed by atoms with van der Waals surface area (Å²) in [7, 11) is 1.25. The van der Waals surface area contributed by atoms with Crippen molar-refractivity contribution in [1.82, 2.24) is 14.8 Å². The Kier molecular flexibility index (Phi) is 3.15. The highest BCUT2D eigenvalue weighted by Crippen LogP contribution is 2.15. The number of nitrogens with zero attached hydrogens (tertiary/aromatic N) is 3. The Balaban J connectivity index is 2.48. The van der Waals surface area contributed by atoms with Crippen LogP contribution in [-0.4, -0.2) is 33.8 Å². The zero-order valence-electron chi connectivity index (χ0n) is 10.0. The van der Waals surface area contributed by atoms with Gasteiger partial charge in [0.15, 0.2) is 11.5 Å². The molecule has 19 heavy (non-hydrogen) atoms. The molecule has 0 atom stereocenters. The second kappa shape index (κ2) is 4.77. The fraction of sp³-hybridized carbons (Fsp3) is 0.0909. The average Bonchev–Trinajstić information content (AvgIpc) is 2.88. The summed E-state index contributed by atoms with van der Waals surface area (Å²) in [5, 5.41) is 3.91. The van der Waals surface area contributed by atoms with Crippen LogP contribution >= 0.6 is 0 Å². The first-order valence-corrected chi connectivity index (χ1v) is 5.23. The molecule has 0 saturated heterocycles. The first kappa shape index (κ1) is 12.6. The van der Waals surface area contributed by atoms with Gasteiger partial charge in [0.05, 0.1) is 12.8 Å². The predicted molar refractivity (Wildman–Crippen MR) is 65.6 cm³/mol. The monoisotopic (exact) mass is 261 g/mol. The number of aromatic nitrogens is 3. The molecule has 0 aliphatic rings. The molecule has 98 valence electrons. The Morgan fingerprint density at radius 2 is 2.00 bits per heavy atom. The number of primary amides is 1. The quantitative estimate of drug-likeness (QED) is 0.732. The number of amides is 1. The molecule has 2 aromatic rings. The number of esters is 1. The molecular formula is C11H11N5O3. The van der Waals surface area contributed by atoms with E-state index >= 15 is 0 Å². The molecule has 0 spiro atoms. The number of methoxy groups -OCH3 is 1. The second-order valence-electron chi connectivity index (χ2n) is 3.61. The maximum Gasteiger partial charge on any atom is 0.356 e. The van der Waals surface area contributed by atoms with E-state index in [0.29, 0.717) is 5.69 Å². The minimum absolute atomic E-state index is 0.0738. The fourth-order valence-electron chi connectivity index (χ4n) is 1.43. The van der Waals surface area contributed by atoms with Crippen molar-refractivity contribution in [3.05, 3.63) is 35.8 Å². The van der Waals surface area contributed by atoms with Crippen LogP contribution in [0.1, 0.15) is 21.0 Å². The van der Waals surface area contributed by atoms with Crippen LogP contribution in [0.15, 0.2) is 24.4 Å². The van der Waals surface area contributed by atoms with Crippen molar-refractivity contribution >= 4 is 17.6 Å². The van der Waals surface area contributed by atoms with Crippen LogP contribution in [0.4, 0.5) is 5.69 Å². The van der Waals surface area contributed by atoms with Gasteiger partial charge in [-0.15, -0.1) is 0 Å². The summed E-state index contributed by atoms with van der Waals surface area (Å²) in [4.78, 5) is 26.4. The standard InChI is InChI=1S/C11H11N5O3/c1-19-11(18)8-3-2-6(12)10(14-8)16-5-4-7(15-16)9(13)17/h2-5H,12H2,1H3,(H2,13,17). The van der Waals surface area contributed by atoms with Gasteiger partial charge in [-0.2, -0.15) is 5.10 Å². The molecular weight excluding hydrogens is 250 g/mol. The van der Waals surface area contributed by atoms with Crippen LogP contribution in [0.25, 0.3) is 5.82 Å². The van der Waals surface area contributed by atoms with Crippen LogP contribution in [-0.2, 0) is 4.74 Å². The summed E-state index contributed by atoms with van der Waals surface area (Å²) in [5.74, 6) is -1.04. The van der Waals surface area contributed by atoms with E-state index in [2.05, 4.69) is 14.8 Å². The molecule has 2 aromatic heterocycles. The lowest BCUT2D eigenvalue weighted by atomic mass is 10.3. The van der Waals surface area contributed by atoms with Crippen molar-refractivity contribution in [3.8, 4) is 5.82 Å². The number of anilines is 1. The second-order valence-corrected chi connectivity index (χ2v) is 3.61. The van der Waals surface area contributed by atoms with Gasteiger partial charge in [-0.1, -0.05) is 0 Å². The van der Waals surface area contributed by atoms with Gasteiger partial charge in [0.25, 0.3) is 5.91 Å². The first-order chi connectivity index (χ1) is 9.02. The molecule has 2 rings (SSSR count). The first-order valence-electron chi connectivity index (χ1n) is 5.23. The number of nitrogens with two attached hydrogens (primary N) is 2. The molecule has 0 fully saturated rings. The molecule has 8 heteroatoms. The maximum atomic E-state index is 11.4. The van der Waals surface area contributed by atoms with Gasteiger partial charge in [-0.25, -0.2) is 14.5 Å². The van der Waals surface area contributed by atoms with E-state index in [9.17, 15) is 9.59 Å². The van der Waals surface area contributed by atoms with Gasteiger partial charge >= 0.3 is 5.97 Å². The highest BCUT2D eigenvalue weighted by molar-refractivity contribution is 5.90. The van der Waals surface area contributed by atoms with Gasteiger partial charge in [0.2, 0.25) is 0 Å². The minimum Gasteiger partial charge on any atom is -0.464 e.